The van der Waals surface area contributed by atoms with Crippen LogP contribution in [0.25, 0.3) is 0 Å². The van der Waals surface area contributed by atoms with Gasteiger partial charge in [0.25, 0.3) is 0 Å². The fourth-order valence-corrected chi connectivity index (χ4v) is 2.15. The molecule has 5 heteroatoms. The first-order valence-electron chi connectivity index (χ1n) is 7.86. The van der Waals surface area contributed by atoms with Gasteiger partial charge in [0.15, 0.2) is 0 Å². The monoisotopic (exact) mass is 494 g/mol. The van der Waals surface area contributed by atoms with E-state index in [0.29, 0.717) is 0 Å². The van der Waals surface area contributed by atoms with Crippen molar-refractivity contribution in [1.82, 2.24) is 0 Å². The van der Waals surface area contributed by atoms with Gasteiger partial charge in [-0.05, 0) is 37.5 Å². The van der Waals surface area contributed by atoms with Gasteiger partial charge in [-0.25, -0.2) is 0 Å². The first kappa shape index (κ1) is 25.8. The third kappa shape index (κ3) is 16.1. The standard InChI is InChI=1S/2C8H16O2.Pb/c2*1-3-5-7(6-4-2)8(9)10;/h2*7H,3-6H2,1-2H3,(H,9,10);/q;;+2/p-2. The van der Waals surface area contributed by atoms with Gasteiger partial charge in [-0.3, -0.25) is 0 Å². The second-order valence-electron chi connectivity index (χ2n) is 5.19. The molecule has 0 aromatic rings. The van der Waals surface area contributed by atoms with Gasteiger partial charge >= 0.3 is 27.3 Å². The first-order chi connectivity index (χ1) is 9.44. The molecule has 0 aromatic carbocycles. The van der Waals surface area contributed by atoms with Crippen LogP contribution in [0.4, 0.5) is 0 Å². The number of aliphatic carboxylic acids is 2. The smallest absolute Gasteiger partial charge is 0.550 e. The largest absolute Gasteiger partial charge is 2.00 e. The van der Waals surface area contributed by atoms with E-state index in [9.17, 15) is 19.8 Å². The molecule has 0 unspecified atom stereocenters. The maximum absolute atomic E-state index is 10.4. The Morgan fingerprint density at radius 3 is 0.952 bits per heavy atom. The third-order valence-corrected chi connectivity index (χ3v) is 3.22. The number of carboxylic acids is 2. The van der Waals surface area contributed by atoms with Crippen LogP contribution >= 0.6 is 0 Å². The van der Waals surface area contributed by atoms with Crippen molar-refractivity contribution < 1.29 is 19.8 Å². The molecule has 0 atom stereocenters. The average Bonchev–Trinajstić information content (AvgIpc) is 2.38. The van der Waals surface area contributed by atoms with E-state index >= 15 is 0 Å². The van der Waals surface area contributed by atoms with Crippen LogP contribution < -0.4 is 10.2 Å². The average molecular weight is 494 g/mol. The van der Waals surface area contributed by atoms with E-state index < -0.39 is 11.9 Å². The zero-order chi connectivity index (χ0) is 16.0. The molecule has 0 aliphatic rings. The first-order valence-corrected chi connectivity index (χ1v) is 7.86. The molecule has 122 valence electrons. The molecule has 0 saturated heterocycles. The number of carbonyl (C=O) groups excluding carboxylic acids is 2. The van der Waals surface area contributed by atoms with E-state index in [1.807, 2.05) is 27.7 Å². The quantitative estimate of drug-likeness (QED) is 0.433. The molecule has 0 rings (SSSR count). The van der Waals surface area contributed by atoms with Gasteiger partial charge < -0.3 is 19.8 Å². The van der Waals surface area contributed by atoms with Gasteiger partial charge in [-0.2, -0.15) is 0 Å². The van der Waals surface area contributed by atoms with Gasteiger partial charge in [0.2, 0.25) is 0 Å². The second-order valence-corrected chi connectivity index (χ2v) is 5.19. The number of carboxylic acid groups (broad SMARTS) is 2. The molecule has 0 saturated carbocycles. The Bertz CT molecular complexity index is 219. The molecule has 4 nitrogen and oxygen atoms in total. The van der Waals surface area contributed by atoms with Crippen molar-refractivity contribution in [3.05, 3.63) is 0 Å². The Kier molecular flexibility index (Phi) is 22.0. The number of carbonyl (C=O) groups is 2. The number of rotatable bonds is 10. The van der Waals surface area contributed by atoms with Crippen molar-refractivity contribution in [2.75, 3.05) is 0 Å². The molecule has 21 heavy (non-hydrogen) atoms. The Hall–Kier alpha value is -0.138. The van der Waals surface area contributed by atoms with Crippen molar-refractivity contribution in [2.24, 2.45) is 11.8 Å². The molecule has 0 amide bonds. The Morgan fingerprint density at radius 1 is 0.667 bits per heavy atom. The van der Waals surface area contributed by atoms with Gasteiger partial charge in [-0.15, -0.1) is 0 Å². The normalized spacial score (nSPS) is 9.81. The van der Waals surface area contributed by atoms with E-state index in [-0.39, 0.29) is 39.1 Å². The van der Waals surface area contributed by atoms with Crippen molar-refractivity contribution in [3.63, 3.8) is 0 Å². The van der Waals surface area contributed by atoms with Crippen LogP contribution in [-0.2, 0) is 9.59 Å². The van der Waals surface area contributed by atoms with Gasteiger partial charge in [0, 0.05) is 11.9 Å². The Balaban J connectivity index is -0.000000295. The van der Waals surface area contributed by atoms with E-state index in [2.05, 4.69) is 0 Å². The van der Waals surface area contributed by atoms with Crippen molar-refractivity contribution >= 4 is 39.2 Å². The van der Waals surface area contributed by atoms with Gasteiger partial charge in [-0.1, -0.05) is 53.4 Å². The summed E-state index contributed by atoms with van der Waals surface area (Å²) in [5, 5.41) is 20.7. The summed E-state index contributed by atoms with van der Waals surface area (Å²) in [4.78, 5) is 20.7. The van der Waals surface area contributed by atoms with Gasteiger partial charge in [0.1, 0.15) is 0 Å². The van der Waals surface area contributed by atoms with E-state index in [4.69, 9.17) is 0 Å². The summed E-state index contributed by atoms with van der Waals surface area (Å²) in [5.41, 5.74) is 0. The summed E-state index contributed by atoms with van der Waals surface area (Å²) in [6.45, 7) is 7.97. The van der Waals surface area contributed by atoms with Crippen LogP contribution in [0.1, 0.15) is 79.1 Å². The maximum Gasteiger partial charge on any atom is 2.00 e. The fourth-order valence-electron chi connectivity index (χ4n) is 2.15. The minimum Gasteiger partial charge on any atom is -0.550 e. The zero-order valence-corrected chi connectivity index (χ0v) is 17.8. The number of hydrogen-bond acceptors (Lipinski definition) is 4. The molecule has 0 bridgehead atoms. The summed E-state index contributed by atoms with van der Waals surface area (Å²) >= 11 is 0. The Morgan fingerprint density at radius 2 is 0.857 bits per heavy atom. The van der Waals surface area contributed by atoms with Crippen LogP contribution in [0.2, 0.25) is 0 Å². The van der Waals surface area contributed by atoms with Crippen LogP contribution in [0.15, 0.2) is 0 Å². The van der Waals surface area contributed by atoms with E-state index in [0.717, 1.165) is 51.4 Å². The Labute approximate surface area is 149 Å². The van der Waals surface area contributed by atoms with Crippen molar-refractivity contribution in [3.8, 4) is 0 Å². The predicted molar refractivity (Wildman–Crippen MR) is 82.4 cm³/mol. The topological polar surface area (TPSA) is 80.3 Å². The predicted octanol–water partition coefficient (Wildman–Crippen LogP) is 1.52. The molecule has 0 N–H and O–H groups in total. The zero-order valence-electron chi connectivity index (χ0n) is 13.9. The minimum absolute atomic E-state index is 0. The molecule has 0 heterocycles. The SMILES string of the molecule is CCCC(CCC)C(=O)[O-].CCCC(CCC)C(=O)[O-].[Pb+2]. The van der Waals surface area contributed by atoms with E-state index in [1.165, 1.54) is 0 Å². The summed E-state index contributed by atoms with van der Waals surface area (Å²) in [6, 6.07) is 0. The van der Waals surface area contributed by atoms with Gasteiger partial charge in [0.05, 0.1) is 0 Å². The molecular formula is C16H30O4Pb. The number of hydrogen-bond donors (Lipinski definition) is 0. The molecule has 2 radical (unpaired) electrons. The summed E-state index contributed by atoms with van der Waals surface area (Å²) < 4.78 is 0. The maximum atomic E-state index is 10.4. The fraction of sp³-hybridized carbons (Fsp3) is 0.875. The molecule has 0 aromatic heterocycles. The third-order valence-electron chi connectivity index (χ3n) is 3.22. The van der Waals surface area contributed by atoms with Crippen LogP contribution in [-0.4, -0.2) is 39.2 Å². The van der Waals surface area contributed by atoms with Crippen LogP contribution in [0.3, 0.4) is 0 Å². The van der Waals surface area contributed by atoms with Crippen LogP contribution in [0, 0.1) is 11.8 Å². The summed E-state index contributed by atoms with van der Waals surface area (Å²) in [7, 11) is 0. The molecule has 0 aliphatic carbocycles. The van der Waals surface area contributed by atoms with Crippen molar-refractivity contribution in [2.45, 2.75) is 79.1 Å². The minimum atomic E-state index is -0.885. The molecular weight excluding hydrogens is 463 g/mol. The molecule has 0 fully saturated rings. The molecule has 0 aliphatic heterocycles. The molecule has 0 spiro atoms. The van der Waals surface area contributed by atoms with Crippen molar-refractivity contribution in [1.29, 1.82) is 0 Å². The summed E-state index contributed by atoms with van der Waals surface area (Å²) in [5.74, 6) is -2.20. The summed E-state index contributed by atoms with van der Waals surface area (Å²) in [6.07, 6.45) is 6.76. The van der Waals surface area contributed by atoms with E-state index in [1.54, 1.807) is 0 Å². The second kappa shape index (κ2) is 17.9. The van der Waals surface area contributed by atoms with Crippen LogP contribution in [0.5, 0.6) is 0 Å².